The first-order chi connectivity index (χ1) is 13.2. The molecule has 5 nitrogen and oxygen atoms in total. The second-order valence-corrected chi connectivity index (χ2v) is 6.20. The van der Waals surface area contributed by atoms with Gasteiger partial charge in [0, 0.05) is 30.5 Å². The largest absolute Gasteiger partial charge is 0.496 e. The second-order valence-electron chi connectivity index (χ2n) is 6.20. The Morgan fingerprint density at radius 2 is 1.74 bits per heavy atom. The van der Waals surface area contributed by atoms with Crippen LogP contribution in [0.15, 0.2) is 66.9 Å². The van der Waals surface area contributed by atoms with E-state index in [4.69, 9.17) is 4.74 Å². The third-order valence-electron chi connectivity index (χ3n) is 4.37. The summed E-state index contributed by atoms with van der Waals surface area (Å²) in [7, 11) is 1.65. The number of para-hydroxylation sites is 1. The molecule has 3 aromatic rings. The SMILES string of the molecule is COc1ccccc1CNc1ccnc(C(=O)NCc2ccccc2C)c1. The first-order valence-corrected chi connectivity index (χ1v) is 8.82. The lowest BCUT2D eigenvalue weighted by Crippen LogP contribution is -2.24. The molecule has 27 heavy (non-hydrogen) atoms. The van der Waals surface area contributed by atoms with E-state index in [1.54, 1.807) is 19.4 Å². The lowest BCUT2D eigenvalue weighted by molar-refractivity contribution is 0.0946. The number of benzene rings is 2. The molecule has 0 unspecified atom stereocenters. The molecule has 0 aliphatic carbocycles. The van der Waals surface area contributed by atoms with Crippen LogP contribution >= 0.6 is 0 Å². The van der Waals surface area contributed by atoms with E-state index in [9.17, 15) is 4.79 Å². The molecule has 138 valence electrons. The first kappa shape index (κ1) is 18.5. The standard InChI is InChI=1S/C22H23N3O2/c1-16-7-3-4-8-17(16)14-25-22(26)20-13-19(11-12-23-20)24-15-18-9-5-6-10-21(18)27-2/h3-13H,14-15H2,1-2H3,(H,23,24)(H,25,26). The van der Waals surface area contributed by atoms with Gasteiger partial charge in [-0.1, -0.05) is 42.5 Å². The van der Waals surface area contributed by atoms with Crippen molar-refractivity contribution >= 4 is 11.6 Å². The zero-order valence-corrected chi connectivity index (χ0v) is 15.5. The van der Waals surface area contributed by atoms with Crippen molar-refractivity contribution in [2.45, 2.75) is 20.0 Å². The van der Waals surface area contributed by atoms with Crippen molar-refractivity contribution in [3.05, 3.63) is 89.2 Å². The number of rotatable bonds is 7. The van der Waals surface area contributed by atoms with E-state index in [1.807, 2.05) is 61.5 Å². The minimum absolute atomic E-state index is 0.195. The quantitative estimate of drug-likeness (QED) is 0.669. The molecule has 1 heterocycles. The topological polar surface area (TPSA) is 63.2 Å². The Kier molecular flexibility index (Phi) is 6.05. The lowest BCUT2D eigenvalue weighted by Gasteiger charge is -2.11. The normalized spacial score (nSPS) is 10.3. The third kappa shape index (κ3) is 4.85. The highest BCUT2D eigenvalue weighted by atomic mass is 16.5. The molecule has 3 rings (SSSR count). The molecular formula is C22H23N3O2. The number of pyridine rings is 1. The molecule has 0 fully saturated rings. The van der Waals surface area contributed by atoms with Gasteiger partial charge < -0.3 is 15.4 Å². The Morgan fingerprint density at radius 3 is 2.52 bits per heavy atom. The lowest BCUT2D eigenvalue weighted by atomic mass is 10.1. The van der Waals surface area contributed by atoms with Crippen LogP contribution in [0.5, 0.6) is 5.75 Å². The molecule has 0 aliphatic heterocycles. The summed E-state index contributed by atoms with van der Waals surface area (Å²) in [5, 5.41) is 6.24. The van der Waals surface area contributed by atoms with Gasteiger partial charge >= 0.3 is 0 Å². The van der Waals surface area contributed by atoms with Gasteiger partial charge in [-0.2, -0.15) is 0 Å². The fourth-order valence-electron chi connectivity index (χ4n) is 2.79. The van der Waals surface area contributed by atoms with Gasteiger partial charge in [-0.25, -0.2) is 0 Å². The highest BCUT2D eigenvalue weighted by molar-refractivity contribution is 5.93. The van der Waals surface area contributed by atoms with Crippen molar-refractivity contribution in [2.75, 3.05) is 12.4 Å². The number of hydrogen-bond donors (Lipinski definition) is 2. The van der Waals surface area contributed by atoms with Gasteiger partial charge in [0.25, 0.3) is 5.91 Å². The summed E-state index contributed by atoms with van der Waals surface area (Å²) in [4.78, 5) is 16.6. The summed E-state index contributed by atoms with van der Waals surface area (Å²) >= 11 is 0. The van der Waals surface area contributed by atoms with E-state index in [2.05, 4.69) is 15.6 Å². The summed E-state index contributed by atoms with van der Waals surface area (Å²) in [5.74, 6) is 0.634. The summed E-state index contributed by atoms with van der Waals surface area (Å²) in [6, 6.07) is 19.4. The van der Waals surface area contributed by atoms with Gasteiger partial charge in [-0.15, -0.1) is 0 Å². The second kappa shape index (κ2) is 8.85. The maximum Gasteiger partial charge on any atom is 0.270 e. The number of aromatic nitrogens is 1. The molecule has 0 saturated carbocycles. The van der Waals surface area contributed by atoms with Gasteiger partial charge in [0.15, 0.2) is 0 Å². The van der Waals surface area contributed by atoms with E-state index < -0.39 is 0 Å². The average molecular weight is 361 g/mol. The highest BCUT2D eigenvalue weighted by Crippen LogP contribution is 2.19. The van der Waals surface area contributed by atoms with Gasteiger partial charge in [0.2, 0.25) is 0 Å². The zero-order valence-electron chi connectivity index (χ0n) is 15.5. The van der Waals surface area contributed by atoms with Crippen molar-refractivity contribution in [3.63, 3.8) is 0 Å². The average Bonchev–Trinajstić information content (AvgIpc) is 2.72. The smallest absolute Gasteiger partial charge is 0.270 e. The summed E-state index contributed by atoms with van der Waals surface area (Å²) in [5.41, 5.74) is 4.50. The Hall–Kier alpha value is -3.34. The molecule has 0 bridgehead atoms. The molecule has 0 saturated heterocycles. The fraction of sp³-hybridized carbons (Fsp3) is 0.182. The van der Waals surface area contributed by atoms with Crippen molar-refractivity contribution in [1.29, 1.82) is 0 Å². The molecule has 0 aliphatic rings. The van der Waals surface area contributed by atoms with Gasteiger partial charge in [0.05, 0.1) is 7.11 Å². The number of hydrogen-bond acceptors (Lipinski definition) is 4. The van der Waals surface area contributed by atoms with Gasteiger partial charge in [-0.05, 0) is 36.2 Å². The van der Waals surface area contributed by atoms with Crippen LogP contribution in [0.25, 0.3) is 0 Å². The number of nitrogens with one attached hydrogen (secondary N) is 2. The van der Waals surface area contributed by atoms with Crippen LogP contribution in [0.3, 0.4) is 0 Å². The first-order valence-electron chi connectivity index (χ1n) is 8.82. The van der Waals surface area contributed by atoms with Crippen LogP contribution in [-0.4, -0.2) is 18.0 Å². The van der Waals surface area contributed by atoms with Crippen LogP contribution in [0.4, 0.5) is 5.69 Å². The van der Waals surface area contributed by atoms with Crippen molar-refractivity contribution in [2.24, 2.45) is 0 Å². The number of amides is 1. The van der Waals surface area contributed by atoms with E-state index in [0.29, 0.717) is 18.8 Å². The van der Waals surface area contributed by atoms with Gasteiger partial charge in [0.1, 0.15) is 11.4 Å². The highest BCUT2D eigenvalue weighted by Gasteiger charge is 2.09. The maximum absolute atomic E-state index is 12.4. The number of anilines is 1. The van der Waals surface area contributed by atoms with Crippen molar-refractivity contribution < 1.29 is 9.53 Å². The van der Waals surface area contributed by atoms with E-state index >= 15 is 0 Å². The molecule has 5 heteroatoms. The summed E-state index contributed by atoms with van der Waals surface area (Å²) in [6.45, 7) is 3.10. The molecule has 1 amide bonds. The van der Waals surface area contributed by atoms with E-state index in [-0.39, 0.29) is 5.91 Å². The van der Waals surface area contributed by atoms with Crippen LogP contribution < -0.4 is 15.4 Å². The molecule has 1 aromatic heterocycles. The Labute approximate surface area is 159 Å². The predicted octanol–water partition coefficient (Wildman–Crippen LogP) is 3.94. The molecule has 2 N–H and O–H groups in total. The number of methoxy groups -OCH3 is 1. The molecule has 0 atom stereocenters. The Balaban J connectivity index is 1.62. The number of carbonyl (C=O) groups is 1. The van der Waals surface area contributed by atoms with Crippen molar-refractivity contribution in [1.82, 2.24) is 10.3 Å². The van der Waals surface area contributed by atoms with E-state index in [0.717, 1.165) is 28.1 Å². The summed E-state index contributed by atoms with van der Waals surface area (Å²) < 4.78 is 5.36. The van der Waals surface area contributed by atoms with Crippen molar-refractivity contribution in [3.8, 4) is 5.75 Å². The van der Waals surface area contributed by atoms with Gasteiger partial charge in [-0.3, -0.25) is 9.78 Å². The van der Waals surface area contributed by atoms with E-state index in [1.165, 1.54) is 0 Å². The summed E-state index contributed by atoms with van der Waals surface area (Å²) in [6.07, 6.45) is 1.63. The number of ether oxygens (including phenoxy) is 1. The molecular weight excluding hydrogens is 338 g/mol. The fourth-order valence-corrected chi connectivity index (χ4v) is 2.79. The Bertz CT molecular complexity index is 925. The van der Waals surface area contributed by atoms with Crippen LogP contribution in [-0.2, 0) is 13.1 Å². The molecule has 0 spiro atoms. The predicted molar refractivity (Wildman–Crippen MR) is 107 cm³/mol. The monoisotopic (exact) mass is 361 g/mol. The Morgan fingerprint density at radius 1 is 1.00 bits per heavy atom. The third-order valence-corrected chi connectivity index (χ3v) is 4.37. The minimum atomic E-state index is -0.195. The van der Waals surface area contributed by atoms with Crippen LogP contribution in [0, 0.1) is 6.92 Å². The molecule has 0 radical (unpaired) electrons. The molecule has 2 aromatic carbocycles. The van der Waals surface area contributed by atoms with Crippen LogP contribution in [0.2, 0.25) is 0 Å². The number of nitrogens with zero attached hydrogens (tertiary/aromatic N) is 1. The van der Waals surface area contributed by atoms with Crippen LogP contribution in [0.1, 0.15) is 27.2 Å². The number of aryl methyl sites for hydroxylation is 1. The number of carbonyl (C=O) groups excluding carboxylic acids is 1. The zero-order chi connectivity index (χ0) is 19.1. The minimum Gasteiger partial charge on any atom is -0.496 e. The maximum atomic E-state index is 12.4.